The molecule has 0 atom stereocenters. The average Bonchev–Trinajstić information content (AvgIpc) is 3.06. The maximum Gasteiger partial charge on any atom is 0.354 e. The maximum atomic E-state index is 12.2. The lowest BCUT2D eigenvalue weighted by Crippen LogP contribution is -2.05. The molecule has 0 N–H and O–H groups in total. The second-order valence-electron chi connectivity index (χ2n) is 5.01. The van der Waals surface area contributed by atoms with Crippen LogP contribution in [0.5, 0.6) is 5.88 Å². The lowest BCUT2D eigenvalue weighted by molar-refractivity contribution is 0.0526. The van der Waals surface area contributed by atoms with E-state index >= 15 is 0 Å². The molecule has 0 spiro atoms. The SMILES string of the molecule is CCOC(=O)c1sc(-c2ccccc2)nc1OCc1ccccc1. The highest BCUT2D eigenvalue weighted by Gasteiger charge is 2.21. The van der Waals surface area contributed by atoms with Crippen LogP contribution >= 0.6 is 11.3 Å². The van der Waals surface area contributed by atoms with Crippen molar-refractivity contribution in [3.8, 4) is 16.5 Å². The van der Waals surface area contributed by atoms with Crippen LogP contribution in [0.3, 0.4) is 0 Å². The molecule has 3 aromatic rings. The van der Waals surface area contributed by atoms with Crippen LogP contribution < -0.4 is 4.74 Å². The van der Waals surface area contributed by atoms with Crippen molar-refractivity contribution in [3.63, 3.8) is 0 Å². The number of esters is 1. The van der Waals surface area contributed by atoms with E-state index in [-0.39, 0.29) is 0 Å². The normalized spacial score (nSPS) is 10.4. The van der Waals surface area contributed by atoms with Gasteiger partial charge in [-0.3, -0.25) is 0 Å². The molecule has 0 radical (unpaired) electrons. The summed E-state index contributed by atoms with van der Waals surface area (Å²) in [6.45, 7) is 2.45. The molecule has 5 heteroatoms. The molecule has 1 aromatic heterocycles. The molecule has 0 amide bonds. The average molecular weight is 339 g/mol. The predicted molar refractivity (Wildman–Crippen MR) is 94.3 cm³/mol. The number of aromatic nitrogens is 1. The summed E-state index contributed by atoms with van der Waals surface area (Å²) >= 11 is 1.29. The van der Waals surface area contributed by atoms with Crippen molar-refractivity contribution in [3.05, 3.63) is 71.1 Å². The summed E-state index contributed by atoms with van der Waals surface area (Å²) in [6, 6.07) is 19.5. The Hall–Kier alpha value is -2.66. The van der Waals surface area contributed by atoms with Gasteiger partial charge < -0.3 is 9.47 Å². The number of rotatable bonds is 6. The van der Waals surface area contributed by atoms with Crippen LogP contribution in [0.4, 0.5) is 0 Å². The number of carbonyl (C=O) groups is 1. The van der Waals surface area contributed by atoms with Crippen molar-refractivity contribution in [2.45, 2.75) is 13.5 Å². The molecule has 122 valence electrons. The topological polar surface area (TPSA) is 48.4 Å². The molecule has 3 rings (SSSR count). The van der Waals surface area contributed by atoms with Crippen molar-refractivity contribution in [1.29, 1.82) is 0 Å². The number of hydrogen-bond donors (Lipinski definition) is 0. The molecule has 0 unspecified atom stereocenters. The van der Waals surface area contributed by atoms with Gasteiger partial charge in [0, 0.05) is 5.56 Å². The first-order valence-electron chi connectivity index (χ1n) is 7.68. The summed E-state index contributed by atoms with van der Waals surface area (Å²) in [5.74, 6) is -0.0820. The fourth-order valence-corrected chi connectivity index (χ4v) is 3.07. The summed E-state index contributed by atoms with van der Waals surface area (Å²) in [6.07, 6.45) is 0. The fraction of sp³-hybridized carbons (Fsp3) is 0.158. The fourth-order valence-electron chi connectivity index (χ4n) is 2.16. The molecule has 0 saturated carbocycles. The third kappa shape index (κ3) is 3.81. The minimum atomic E-state index is -0.403. The van der Waals surface area contributed by atoms with E-state index in [9.17, 15) is 4.79 Å². The van der Waals surface area contributed by atoms with E-state index in [4.69, 9.17) is 9.47 Å². The zero-order valence-electron chi connectivity index (χ0n) is 13.3. The highest BCUT2D eigenvalue weighted by Crippen LogP contribution is 2.33. The van der Waals surface area contributed by atoms with Gasteiger partial charge in [0.2, 0.25) is 5.88 Å². The van der Waals surface area contributed by atoms with Crippen molar-refractivity contribution >= 4 is 17.3 Å². The molecule has 0 bridgehead atoms. The van der Waals surface area contributed by atoms with Crippen molar-refractivity contribution in [2.75, 3.05) is 6.61 Å². The van der Waals surface area contributed by atoms with Gasteiger partial charge in [0.05, 0.1) is 6.61 Å². The minimum absolute atomic E-state index is 0.315. The number of hydrogen-bond acceptors (Lipinski definition) is 5. The first kappa shape index (κ1) is 16.2. The molecule has 0 aliphatic carbocycles. The van der Waals surface area contributed by atoms with Gasteiger partial charge in [-0.25, -0.2) is 9.78 Å². The first-order valence-corrected chi connectivity index (χ1v) is 8.49. The van der Waals surface area contributed by atoms with Crippen LogP contribution in [0, 0.1) is 0 Å². The van der Waals surface area contributed by atoms with E-state index in [1.54, 1.807) is 6.92 Å². The van der Waals surface area contributed by atoms with Gasteiger partial charge in [0.15, 0.2) is 4.88 Å². The largest absolute Gasteiger partial charge is 0.472 e. The highest BCUT2D eigenvalue weighted by atomic mass is 32.1. The van der Waals surface area contributed by atoms with Crippen molar-refractivity contribution < 1.29 is 14.3 Å². The van der Waals surface area contributed by atoms with Crippen LogP contribution in [-0.4, -0.2) is 17.6 Å². The standard InChI is InChI=1S/C19H17NO3S/c1-2-22-19(21)16-17(23-13-14-9-5-3-6-10-14)20-18(24-16)15-11-7-4-8-12-15/h3-12H,2,13H2,1H3. The summed E-state index contributed by atoms with van der Waals surface area (Å²) < 4.78 is 10.9. The number of carbonyl (C=O) groups excluding carboxylic acids is 1. The van der Waals surface area contributed by atoms with Crippen LogP contribution in [0.1, 0.15) is 22.2 Å². The second-order valence-corrected chi connectivity index (χ2v) is 6.01. The van der Waals surface area contributed by atoms with Gasteiger partial charge in [-0.15, -0.1) is 11.3 Å². The number of benzene rings is 2. The predicted octanol–water partition coefficient (Wildman–Crippen LogP) is 4.57. The molecule has 2 aromatic carbocycles. The Balaban J connectivity index is 1.87. The van der Waals surface area contributed by atoms with E-state index in [1.807, 2.05) is 60.7 Å². The number of thiazole rings is 1. The Morgan fingerprint density at radius 3 is 2.38 bits per heavy atom. The van der Waals surface area contributed by atoms with E-state index in [0.717, 1.165) is 16.1 Å². The van der Waals surface area contributed by atoms with E-state index in [2.05, 4.69) is 4.98 Å². The van der Waals surface area contributed by atoms with Crippen LogP contribution in [-0.2, 0) is 11.3 Å². The molecular formula is C19H17NO3S. The Morgan fingerprint density at radius 2 is 1.71 bits per heavy atom. The smallest absolute Gasteiger partial charge is 0.354 e. The van der Waals surface area contributed by atoms with Crippen LogP contribution in [0.25, 0.3) is 10.6 Å². The van der Waals surface area contributed by atoms with Crippen LogP contribution in [0.2, 0.25) is 0 Å². The Kier molecular flexibility index (Phi) is 5.23. The summed E-state index contributed by atoms with van der Waals surface area (Å²) in [4.78, 5) is 17.1. The minimum Gasteiger partial charge on any atom is -0.472 e. The lowest BCUT2D eigenvalue weighted by atomic mass is 10.2. The van der Waals surface area contributed by atoms with Gasteiger partial charge in [-0.1, -0.05) is 60.7 Å². The zero-order chi connectivity index (χ0) is 16.8. The quantitative estimate of drug-likeness (QED) is 0.618. The van der Waals surface area contributed by atoms with E-state index in [1.165, 1.54) is 11.3 Å². The van der Waals surface area contributed by atoms with E-state index < -0.39 is 5.97 Å². The molecule has 0 aliphatic rings. The van der Waals surface area contributed by atoms with Crippen molar-refractivity contribution in [2.24, 2.45) is 0 Å². The molecule has 0 fully saturated rings. The molecule has 0 aliphatic heterocycles. The molecule has 1 heterocycles. The lowest BCUT2D eigenvalue weighted by Gasteiger charge is -2.05. The van der Waals surface area contributed by atoms with Crippen molar-refractivity contribution in [1.82, 2.24) is 4.98 Å². The number of ether oxygens (including phenoxy) is 2. The monoisotopic (exact) mass is 339 g/mol. The summed E-state index contributed by atoms with van der Waals surface area (Å²) in [5, 5.41) is 0.738. The molecule has 4 nitrogen and oxygen atoms in total. The van der Waals surface area contributed by atoms with Crippen LogP contribution in [0.15, 0.2) is 60.7 Å². The molecular weight excluding hydrogens is 322 g/mol. The highest BCUT2D eigenvalue weighted by molar-refractivity contribution is 7.17. The second kappa shape index (κ2) is 7.75. The third-order valence-corrected chi connectivity index (χ3v) is 4.36. The summed E-state index contributed by atoms with van der Waals surface area (Å²) in [5.41, 5.74) is 1.96. The molecule has 24 heavy (non-hydrogen) atoms. The van der Waals surface area contributed by atoms with Gasteiger partial charge in [0.25, 0.3) is 0 Å². The van der Waals surface area contributed by atoms with Gasteiger partial charge in [0.1, 0.15) is 11.6 Å². The Bertz CT molecular complexity index is 800. The van der Waals surface area contributed by atoms with Gasteiger partial charge in [-0.05, 0) is 12.5 Å². The maximum absolute atomic E-state index is 12.2. The Morgan fingerprint density at radius 1 is 1.04 bits per heavy atom. The Labute approximate surface area is 144 Å². The molecule has 0 saturated heterocycles. The van der Waals surface area contributed by atoms with E-state index in [0.29, 0.717) is 24.0 Å². The zero-order valence-corrected chi connectivity index (χ0v) is 14.1. The first-order chi connectivity index (χ1) is 11.8. The van der Waals surface area contributed by atoms with Gasteiger partial charge in [-0.2, -0.15) is 0 Å². The van der Waals surface area contributed by atoms with Gasteiger partial charge >= 0.3 is 5.97 Å². The summed E-state index contributed by atoms with van der Waals surface area (Å²) in [7, 11) is 0. The third-order valence-electron chi connectivity index (χ3n) is 3.30. The number of nitrogens with zero attached hydrogens (tertiary/aromatic N) is 1.